The van der Waals surface area contributed by atoms with E-state index in [-0.39, 0.29) is 16.8 Å². The average molecular weight is 429 g/mol. The van der Waals surface area contributed by atoms with E-state index in [0.29, 0.717) is 21.8 Å². The number of sulfonamides is 1. The van der Waals surface area contributed by atoms with Crippen molar-refractivity contribution >= 4 is 33.2 Å². The molecule has 29 heavy (non-hydrogen) atoms. The van der Waals surface area contributed by atoms with Crippen LogP contribution in [0.1, 0.15) is 34.5 Å². The van der Waals surface area contributed by atoms with Gasteiger partial charge in [0.1, 0.15) is 0 Å². The van der Waals surface area contributed by atoms with Crippen LogP contribution in [0, 0.1) is 6.92 Å². The Morgan fingerprint density at radius 2 is 1.62 bits per heavy atom. The van der Waals surface area contributed by atoms with Crippen LogP contribution < -0.4 is 10.0 Å². The van der Waals surface area contributed by atoms with Gasteiger partial charge in [-0.25, -0.2) is 8.42 Å². The number of hydrogen-bond acceptors (Lipinski definition) is 3. The number of aryl methyl sites for hydroxylation is 1. The fraction of sp³-hybridized carbons (Fsp3) is 0.136. The van der Waals surface area contributed by atoms with Gasteiger partial charge in [-0.2, -0.15) is 0 Å². The zero-order valence-corrected chi connectivity index (χ0v) is 17.6. The Hall–Kier alpha value is -2.83. The van der Waals surface area contributed by atoms with Gasteiger partial charge in [-0.05, 0) is 67.4 Å². The highest BCUT2D eigenvalue weighted by atomic mass is 35.5. The molecule has 7 heteroatoms. The second-order valence-corrected chi connectivity index (χ2v) is 8.81. The highest BCUT2D eigenvalue weighted by Gasteiger charge is 2.17. The topological polar surface area (TPSA) is 75.3 Å². The highest BCUT2D eigenvalue weighted by molar-refractivity contribution is 7.92. The minimum atomic E-state index is -3.75. The van der Waals surface area contributed by atoms with Crippen molar-refractivity contribution in [2.75, 3.05) is 4.72 Å². The summed E-state index contributed by atoms with van der Waals surface area (Å²) in [4.78, 5) is 12.7. The van der Waals surface area contributed by atoms with E-state index in [4.69, 9.17) is 11.6 Å². The van der Waals surface area contributed by atoms with Crippen molar-refractivity contribution in [3.05, 3.63) is 94.5 Å². The standard InChI is InChI=1S/C22H21ClN2O3S/c1-15-14-18(22(26)24-16(2)17-6-4-3-5-7-17)8-13-21(15)25-29(27,28)20-11-9-19(23)10-12-20/h3-14,16,25H,1-2H3,(H,24,26)/t16-/m1/s1. The van der Waals surface area contributed by atoms with Crippen molar-refractivity contribution in [1.29, 1.82) is 0 Å². The summed E-state index contributed by atoms with van der Waals surface area (Å²) in [5.41, 5.74) is 2.51. The van der Waals surface area contributed by atoms with E-state index in [1.807, 2.05) is 37.3 Å². The van der Waals surface area contributed by atoms with E-state index in [1.165, 1.54) is 24.3 Å². The first-order valence-corrected chi connectivity index (χ1v) is 10.9. The van der Waals surface area contributed by atoms with Crippen molar-refractivity contribution in [2.45, 2.75) is 24.8 Å². The molecule has 1 atom stereocenters. The van der Waals surface area contributed by atoms with Gasteiger partial charge in [0.15, 0.2) is 0 Å². The van der Waals surface area contributed by atoms with E-state index in [0.717, 1.165) is 5.56 Å². The fourth-order valence-electron chi connectivity index (χ4n) is 2.84. The molecular formula is C22H21ClN2O3S. The van der Waals surface area contributed by atoms with Crippen LogP contribution in [0.25, 0.3) is 0 Å². The van der Waals surface area contributed by atoms with Crippen LogP contribution in [-0.2, 0) is 10.0 Å². The van der Waals surface area contributed by atoms with E-state index < -0.39 is 10.0 Å². The molecule has 0 aromatic heterocycles. The van der Waals surface area contributed by atoms with Crippen molar-refractivity contribution in [1.82, 2.24) is 5.32 Å². The molecule has 0 fully saturated rings. The average Bonchev–Trinajstić information content (AvgIpc) is 2.70. The Kier molecular flexibility index (Phi) is 6.25. The maximum atomic E-state index is 12.6. The summed E-state index contributed by atoms with van der Waals surface area (Å²) >= 11 is 5.82. The molecule has 0 bridgehead atoms. The molecule has 150 valence electrons. The number of carbonyl (C=O) groups is 1. The van der Waals surface area contributed by atoms with E-state index in [2.05, 4.69) is 10.0 Å². The number of carbonyl (C=O) groups excluding carboxylic acids is 1. The molecular weight excluding hydrogens is 408 g/mol. The van der Waals surface area contributed by atoms with Gasteiger partial charge in [0.25, 0.3) is 15.9 Å². The molecule has 0 aliphatic carbocycles. The van der Waals surface area contributed by atoms with E-state index in [9.17, 15) is 13.2 Å². The molecule has 0 spiro atoms. The fourth-order valence-corrected chi connectivity index (χ4v) is 4.10. The van der Waals surface area contributed by atoms with Crippen LogP contribution in [0.2, 0.25) is 5.02 Å². The zero-order chi connectivity index (χ0) is 21.0. The Balaban J connectivity index is 1.74. The largest absolute Gasteiger partial charge is 0.346 e. The lowest BCUT2D eigenvalue weighted by Gasteiger charge is -2.16. The lowest BCUT2D eigenvalue weighted by molar-refractivity contribution is 0.0940. The predicted octanol–water partition coefficient (Wildman–Crippen LogP) is 4.94. The number of amides is 1. The van der Waals surface area contributed by atoms with Gasteiger partial charge in [0, 0.05) is 10.6 Å². The third-order valence-electron chi connectivity index (χ3n) is 4.50. The summed E-state index contributed by atoms with van der Waals surface area (Å²) in [6.45, 7) is 3.66. The molecule has 3 aromatic carbocycles. The summed E-state index contributed by atoms with van der Waals surface area (Å²) in [5.74, 6) is -0.225. The first kappa shape index (κ1) is 20.9. The minimum absolute atomic E-state index is 0.111. The first-order valence-electron chi connectivity index (χ1n) is 9.01. The molecule has 0 aliphatic heterocycles. The van der Waals surface area contributed by atoms with Crippen molar-refractivity contribution in [2.24, 2.45) is 0 Å². The van der Waals surface area contributed by atoms with Gasteiger partial charge >= 0.3 is 0 Å². The lowest BCUT2D eigenvalue weighted by Crippen LogP contribution is -2.26. The monoisotopic (exact) mass is 428 g/mol. The number of anilines is 1. The molecule has 0 heterocycles. The van der Waals surface area contributed by atoms with Gasteiger partial charge in [0.05, 0.1) is 16.6 Å². The third kappa shape index (κ3) is 5.16. The summed E-state index contributed by atoms with van der Waals surface area (Å²) in [7, 11) is -3.75. The highest BCUT2D eigenvalue weighted by Crippen LogP contribution is 2.22. The van der Waals surface area contributed by atoms with E-state index >= 15 is 0 Å². The Morgan fingerprint density at radius 1 is 0.966 bits per heavy atom. The summed E-state index contributed by atoms with van der Waals surface area (Å²) in [5, 5.41) is 3.41. The molecule has 0 saturated heterocycles. The Morgan fingerprint density at radius 3 is 2.24 bits per heavy atom. The summed E-state index contributed by atoms with van der Waals surface area (Å²) < 4.78 is 27.7. The SMILES string of the molecule is Cc1cc(C(=O)N[C@H](C)c2ccccc2)ccc1NS(=O)(=O)c1ccc(Cl)cc1. The number of benzene rings is 3. The number of halogens is 1. The molecule has 0 unspecified atom stereocenters. The van der Waals surface area contributed by atoms with Crippen LogP contribution in [0.15, 0.2) is 77.7 Å². The molecule has 3 aromatic rings. The minimum Gasteiger partial charge on any atom is -0.346 e. The molecule has 3 rings (SSSR count). The molecule has 2 N–H and O–H groups in total. The van der Waals surface area contributed by atoms with Crippen LogP contribution in [0.3, 0.4) is 0 Å². The van der Waals surface area contributed by atoms with Gasteiger partial charge in [-0.3, -0.25) is 9.52 Å². The van der Waals surface area contributed by atoms with Gasteiger partial charge in [0.2, 0.25) is 0 Å². The summed E-state index contributed by atoms with van der Waals surface area (Å²) in [6.07, 6.45) is 0. The Bertz CT molecular complexity index is 1110. The van der Waals surface area contributed by atoms with Crippen molar-refractivity contribution < 1.29 is 13.2 Å². The molecule has 5 nitrogen and oxygen atoms in total. The van der Waals surface area contributed by atoms with Gasteiger partial charge in [-0.1, -0.05) is 41.9 Å². The van der Waals surface area contributed by atoms with E-state index in [1.54, 1.807) is 25.1 Å². The Labute approximate surface area is 175 Å². The maximum Gasteiger partial charge on any atom is 0.261 e. The molecule has 0 saturated carbocycles. The number of nitrogens with one attached hydrogen (secondary N) is 2. The van der Waals surface area contributed by atoms with Crippen molar-refractivity contribution in [3.63, 3.8) is 0 Å². The van der Waals surface area contributed by atoms with Crippen LogP contribution in [0.5, 0.6) is 0 Å². The second kappa shape index (κ2) is 8.68. The molecule has 0 aliphatic rings. The third-order valence-corrected chi connectivity index (χ3v) is 6.14. The van der Waals surface area contributed by atoms with Crippen LogP contribution >= 0.6 is 11.6 Å². The second-order valence-electron chi connectivity index (χ2n) is 6.69. The quantitative estimate of drug-likeness (QED) is 0.583. The summed E-state index contributed by atoms with van der Waals surface area (Å²) in [6, 6.07) is 20.3. The normalized spacial score (nSPS) is 12.2. The van der Waals surface area contributed by atoms with Gasteiger partial charge < -0.3 is 5.32 Å². The molecule has 0 radical (unpaired) electrons. The van der Waals surface area contributed by atoms with Crippen LogP contribution in [0.4, 0.5) is 5.69 Å². The van der Waals surface area contributed by atoms with Crippen molar-refractivity contribution in [3.8, 4) is 0 Å². The maximum absolute atomic E-state index is 12.6. The smallest absolute Gasteiger partial charge is 0.261 e. The predicted molar refractivity (Wildman–Crippen MR) is 116 cm³/mol. The lowest BCUT2D eigenvalue weighted by atomic mass is 10.1. The van der Waals surface area contributed by atoms with Gasteiger partial charge in [-0.15, -0.1) is 0 Å². The zero-order valence-electron chi connectivity index (χ0n) is 16.0. The molecule has 1 amide bonds. The number of hydrogen-bond donors (Lipinski definition) is 2. The van der Waals surface area contributed by atoms with Crippen LogP contribution in [-0.4, -0.2) is 14.3 Å². The first-order chi connectivity index (χ1) is 13.8. The number of rotatable bonds is 6.